The van der Waals surface area contributed by atoms with Gasteiger partial charge in [-0.15, -0.1) is 5.10 Å². The van der Waals surface area contributed by atoms with Crippen LogP contribution in [0.2, 0.25) is 0 Å². The van der Waals surface area contributed by atoms with Crippen LogP contribution in [0.3, 0.4) is 0 Å². The van der Waals surface area contributed by atoms with Crippen LogP contribution in [0.25, 0.3) is 16.9 Å². The van der Waals surface area contributed by atoms with Gasteiger partial charge in [0.1, 0.15) is 17.5 Å². The Labute approximate surface area is 156 Å². The zero-order valence-electron chi connectivity index (χ0n) is 14.7. The molecule has 2 aromatic heterocycles. The van der Waals surface area contributed by atoms with Crippen LogP contribution in [0, 0.1) is 0 Å². The first kappa shape index (κ1) is 16.2. The van der Waals surface area contributed by atoms with E-state index in [1.807, 2.05) is 16.8 Å². The Balaban J connectivity index is 1.31. The van der Waals surface area contributed by atoms with E-state index in [1.54, 1.807) is 30.9 Å². The zero-order chi connectivity index (χ0) is 18.3. The number of hydrogen-bond acceptors (Lipinski definition) is 7. The molecule has 2 N–H and O–H groups in total. The lowest BCUT2D eigenvalue weighted by atomic mass is 10.00. The van der Waals surface area contributed by atoms with Crippen molar-refractivity contribution >= 4 is 0 Å². The van der Waals surface area contributed by atoms with Crippen molar-refractivity contribution in [2.45, 2.75) is 37.3 Å². The van der Waals surface area contributed by atoms with E-state index in [0.717, 1.165) is 25.1 Å². The van der Waals surface area contributed by atoms with Gasteiger partial charge in [0.2, 0.25) is 0 Å². The Morgan fingerprint density at radius 2 is 2.19 bits per heavy atom. The Morgan fingerprint density at radius 3 is 2.89 bits per heavy atom. The summed E-state index contributed by atoms with van der Waals surface area (Å²) >= 11 is 0. The minimum Gasteiger partial charge on any atom is -0.507 e. The van der Waals surface area contributed by atoms with Gasteiger partial charge in [0.15, 0.2) is 0 Å². The summed E-state index contributed by atoms with van der Waals surface area (Å²) in [7, 11) is 0. The molecule has 8 nitrogen and oxygen atoms in total. The fourth-order valence-corrected chi connectivity index (χ4v) is 3.64. The number of imidazole rings is 1. The molecule has 2 fully saturated rings. The Kier molecular flexibility index (Phi) is 3.78. The summed E-state index contributed by atoms with van der Waals surface area (Å²) < 4.78 is 7.74. The molecular formula is C19H20N6O2. The fourth-order valence-electron chi connectivity index (χ4n) is 3.64. The Hall–Kier alpha value is -3.00. The molecule has 1 saturated carbocycles. The zero-order valence-corrected chi connectivity index (χ0v) is 14.7. The molecule has 3 heterocycles. The number of phenols is 1. The Morgan fingerprint density at radius 1 is 1.26 bits per heavy atom. The molecule has 27 heavy (non-hydrogen) atoms. The van der Waals surface area contributed by atoms with Crippen LogP contribution in [0.4, 0.5) is 0 Å². The van der Waals surface area contributed by atoms with Crippen molar-refractivity contribution < 1.29 is 9.84 Å². The van der Waals surface area contributed by atoms with E-state index >= 15 is 0 Å². The first-order chi connectivity index (χ1) is 13.2. The number of hydrogen-bond donors (Lipinski definition) is 2. The van der Waals surface area contributed by atoms with Gasteiger partial charge in [0.05, 0.1) is 18.2 Å². The minimum atomic E-state index is 0.111. The largest absolute Gasteiger partial charge is 0.507 e. The number of phenolic OH excluding ortho intramolecular Hbond substituents is 1. The van der Waals surface area contributed by atoms with E-state index in [-0.39, 0.29) is 17.9 Å². The molecule has 0 amide bonds. The third kappa shape index (κ3) is 3.23. The molecule has 0 unspecified atom stereocenters. The molecule has 1 saturated heterocycles. The van der Waals surface area contributed by atoms with Crippen molar-refractivity contribution in [2.24, 2.45) is 0 Å². The molecule has 1 aliphatic heterocycles. The number of piperidine rings is 1. The maximum atomic E-state index is 10.4. The molecule has 5 rings (SSSR count). The highest BCUT2D eigenvalue weighted by molar-refractivity contribution is 5.67. The molecule has 3 aromatic rings. The highest BCUT2D eigenvalue weighted by atomic mass is 16.5. The summed E-state index contributed by atoms with van der Waals surface area (Å²) in [5, 5.41) is 22.2. The van der Waals surface area contributed by atoms with Crippen LogP contribution in [-0.2, 0) is 0 Å². The second-order valence-corrected chi connectivity index (χ2v) is 7.24. The molecule has 2 aliphatic rings. The minimum absolute atomic E-state index is 0.111. The second kappa shape index (κ2) is 6.31. The lowest BCUT2D eigenvalue weighted by molar-refractivity contribution is 0.121. The van der Waals surface area contributed by atoms with E-state index in [1.165, 1.54) is 12.8 Å². The lowest BCUT2D eigenvalue weighted by Gasteiger charge is -2.29. The van der Waals surface area contributed by atoms with Crippen molar-refractivity contribution in [2.75, 3.05) is 6.54 Å². The van der Waals surface area contributed by atoms with Crippen LogP contribution < -0.4 is 10.1 Å². The number of rotatable bonds is 4. The van der Waals surface area contributed by atoms with E-state index in [9.17, 15) is 5.11 Å². The van der Waals surface area contributed by atoms with E-state index in [4.69, 9.17) is 4.74 Å². The SMILES string of the molecule is Oc1cc(-n2ccnc2)ccc1-c1cnc(O[C@H]2CCNC3(CC3)C2)nn1. The van der Waals surface area contributed by atoms with Crippen LogP contribution in [0.15, 0.2) is 43.1 Å². The summed E-state index contributed by atoms with van der Waals surface area (Å²) in [6.45, 7) is 0.966. The van der Waals surface area contributed by atoms with Gasteiger partial charge < -0.3 is 19.7 Å². The quantitative estimate of drug-likeness (QED) is 0.731. The standard InChI is InChI=1S/C19H20N6O2/c26-17-9-13(25-8-7-20-12-25)1-2-15(17)16-11-21-18(24-23-16)27-14-3-6-22-19(10-14)4-5-19/h1-2,7-9,11-12,14,22,26H,3-6,10H2/t14-/m0/s1. The molecular weight excluding hydrogens is 344 g/mol. The van der Waals surface area contributed by atoms with E-state index < -0.39 is 0 Å². The van der Waals surface area contributed by atoms with Crippen LogP contribution in [-0.4, -0.2) is 48.0 Å². The molecule has 1 aliphatic carbocycles. The summed E-state index contributed by atoms with van der Waals surface area (Å²) in [5.74, 6) is 0.111. The predicted octanol–water partition coefficient (Wildman–Crippen LogP) is 2.09. The van der Waals surface area contributed by atoms with Gasteiger partial charge >= 0.3 is 6.01 Å². The number of aromatic hydroxyl groups is 1. The highest BCUT2D eigenvalue weighted by Crippen LogP contribution is 2.42. The monoisotopic (exact) mass is 364 g/mol. The predicted molar refractivity (Wildman–Crippen MR) is 97.7 cm³/mol. The first-order valence-electron chi connectivity index (χ1n) is 9.14. The molecule has 0 radical (unpaired) electrons. The fraction of sp³-hybridized carbons (Fsp3) is 0.368. The topological polar surface area (TPSA) is 98.0 Å². The number of ether oxygens (including phenoxy) is 1. The van der Waals surface area contributed by atoms with Gasteiger partial charge in [-0.05, 0) is 37.9 Å². The van der Waals surface area contributed by atoms with Crippen LogP contribution in [0.1, 0.15) is 25.7 Å². The average molecular weight is 364 g/mol. The normalized spacial score (nSPS) is 20.5. The van der Waals surface area contributed by atoms with Gasteiger partial charge in [0, 0.05) is 36.0 Å². The van der Waals surface area contributed by atoms with Crippen molar-refractivity contribution in [3.63, 3.8) is 0 Å². The van der Waals surface area contributed by atoms with Crippen molar-refractivity contribution in [1.82, 2.24) is 30.0 Å². The van der Waals surface area contributed by atoms with Gasteiger partial charge in [0.25, 0.3) is 0 Å². The highest BCUT2D eigenvalue weighted by Gasteiger charge is 2.46. The van der Waals surface area contributed by atoms with Crippen LogP contribution in [0.5, 0.6) is 11.8 Å². The van der Waals surface area contributed by atoms with Gasteiger partial charge in [-0.3, -0.25) is 0 Å². The molecule has 138 valence electrons. The number of nitrogens with zero attached hydrogens (tertiary/aromatic N) is 5. The van der Waals surface area contributed by atoms with Gasteiger partial charge in [-0.25, -0.2) is 9.97 Å². The molecule has 1 aromatic carbocycles. The smallest absolute Gasteiger partial charge is 0.335 e. The molecule has 8 heteroatoms. The molecule has 0 bridgehead atoms. The van der Waals surface area contributed by atoms with Gasteiger partial charge in [-0.2, -0.15) is 0 Å². The third-order valence-corrected chi connectivity index (χ3v) is 5.31. The van der Waals surface area contributed by atoms with Crippen molar-refractivity contribution in [1.29, 1.82) is 0 Å². The summed E-state index contributed by atoms with van der Waals surface area (Å²) in [6.07, 6.45) is 11.3. The Bertz CT molecular complexity index is 937. The lowest BCUT2D eigenvalue weighted by Crippen LogP contribution is -2.44. The molecule has 1 atom stereocenters. The van der Waals surface area contributed by atoms with E-state index in [0.29, 0.717) is 16.8 Å². The third-order valence-electron chi connectivity index (χ3n) is 5.31. The first-order valence-corrected chi connectivity index (χ1v) is 9.14. The summed E-state index contributed by atoms with van der Waals surface area (Å²) in [5.41, 5.74) is 2.18. The molecule has 1 spiro atoms. The average Bonchev–Trinajstić information content (AvgIpc) is 3.20. The van der Waals surface area contributed by atoms with E-state index in [2.05, 4.69) is 25.5 Å². The van der Waals surface area contributed by atoms with Crippen LogP contribution >= 0.6 is 0 Å². The second-order valence-electron chi connectivity index (χ2n) is 7.24. The maximum Gasteiger partial charge on any atom is 0.335 e. The summed E-state index contributed by atoms with van der Waals surface area (Å²) in [4.78, 5) is 8.30. The van der Waals surface area contributed by atoms with Crippen molar-refractivity contribution in [3.8, 4) is 28.7 Å². The number of benzene rings is 1. The number of aromatic nitrogens is 5. The van der Waals surface area contributed by atoms with Gasteiger partial charge in [-0.1, -0.05) is 5.10 Å². The maximum absolute atomic E-state index is 10.4. The van der Waals surface area contributed by atoms with Crippen molar-refractivity contribution in [3.05, 3.63) is 43.1 Å². The summed E-state index contributed by atoms with van der Waals surface area (Å²) in [6, 6.07) is 5.62. The number of nitrogens with one attached hydrogen (secondary N) is 1.